The zero-order valence-electron chi connectivity index (χ0n) is 19.1. The van der Waals surface area contributed by atoms with E-state index in [1.165, 1.54) is 0 Å². The average molecular weight is 458 g/mol. The molecule has 0 bridgehead atoms. The monoisotopic (exact) mass is 457 g/mol. The number of oxime groups is 1. The van der Waals surface area contributed by atoms with Crippen LogP contribution < -0.4 is 5.32 Å². The minimum absolute atomic E-state index is 0.102. The number of aromatic nitrogens is 1. The number of ether oxygens (including phenoxy) is 1. The van der Waals surface area contributed by atoms with Crippen LogP contribution in [0.5, 0.6) is 0 Å². The van der Waals surface area contributed by atoms with Crippen LogP contribution in [0.25, 0.3) is 10.8 Å². The zero-order valence-corrected chi connectivity index (χ0v) is 19.1. The fraction of sp³-hybridized carbons (Fsp3) is 0.458. The number of Topliss-reactive ketones (excluding diaryl/α,β-unsaturated/α-hetero) is 1. The van der Waals surface area contributed by atoms with E-state index in [-0.39, 0.29) is 12.3 Å². The van der Waals surface area contributed by atoms with Crippen LogP contribution in [0.3, 0.4) is 0 Å². The first-order valence-corrected chi connectivity index (χ1v) is 10.9. The van der Waals surface area contributed by atoms with Gasteiger partial charge in [-0.15, -0.1) is 0 Å². The van der Waals surface area contributed by atoms with Crippen molar-refractivity contribution in [3.8, 4) is 0 Å². The Kier molecular flexibility index (Phi) is 7.40. The van der Waals surface area contributed by atoms with Crippen LogP contribution in [0, 0.1) is 5.92 Å². The summed E-state index contributed by atoms with van der Waals surface area (Å²) < 4.78 is 18.2. The molecule has 0 fully saturated rings. The van der Waals surface area contributed by atoms with Crippen LogP contribution in [0.2, 0.25) is 0 Å². The maximum atomic E-state index is 13.3. The van der Waals surface area contributed by atoms with Gasteiger partial charge in [0, 0.05) is 23.9 Å². The summed E-state index contributed by atoms with van der Waals surface area (Å²) in [4.78, 5) is 47.6. The number of nitrogens with one attached hydrogen (secondary N) is 1. The Morgan fingerprint density at radius 3 is 2.58 bits per heavy atom. The Balaban J connectivity index is 1.84. The maximum Gasteiger partial charge on any atom is 0.308 e. The lowest BCUT2D eigenvalue weighted by Gasteiger charge is -2.30. The summed E-state index contributed by atoms with van der Waals surface area (Å²) in [5.41, 5.74) is -0.353. The van der Waals surface area contributed by atoms with Gasteiger partial charge in [-0.25, -0.2) is 4.39 Å². The summed E-state index contributed by atoms with van der Waals surface area (Å²) in [6.07, 6.45) is 0.884. The molecule has 0 saturated heterocycles. The van der Waals surface area contributed by atoms with Crippen molar-refractivity contribution in [2.24, 2.45) is 11.1 Å². The van der Waals surface area contributed by atoms with Crippen molar-refractivity contribution in [2.75, 3.05) is 6.67 Å². The van der Waals surface area contributed by atoms with Gasteiger partial charge >= 0.3 is 5.97 Å². The van der Waals surface area contributed by atoms with Crippen molar-refractivity contribution in [3.63, 3.8) is 0 Å². The lowest BCUT2D eigenvalue weighted by Crippen LogP contribution is -2.56. The van der Waals surface area contributed by atoms with Gasteiger partial charge in [0.25, 0.3) is 5.91 Å². The number of rotatable bonds is 9. The summed E-state index contributed by atoms with van der Waals surface area (Å²) in [5.74, 6) is -2.63. The van der Waals surface area contributed by atoms with Gasteiger partial charge in [-0.05, 0) is 25.3 Å². The Hall–Kier alpha value is -3.36. The van der Waals surface area contributed by atoms with E-state index in [9.17, 15) is 18.8 Å². The number of hydrogen-bond acceptors (Lipinski definition) is 7. The SMILES string of the molecule is CC(C)OC(=O)C[C@H](NC(=O)C1(C(C)C)CC(c2nccc3ccccc23)=NO1)C(=O)CF. The van der Waals surface area contributed by atoms with E-state index in [1.54, 1.807) is 33.9 Å². The fourth-order valence-corrected chi connectivity index (χ4v) is 3.72. The first kappa shape index (κ1) is 24.3. The predicted molar refractivity (Wildman–Crippen MR) is 120 cm³/mol. The minimum atomic E-state index is -1.44. The van der Waals surface area contributed by atoms with Crippen LogP contribution in [-0.4, -0.2) is 52.8 Å². The molecule has 0 spiro atoms. The number of ketones is 1. The van der Waals surface area contributed by atoms with Crippen molar-refractivity contribution in [3.05, 3.63) is 42.2 Å². The van der Waals surface area contributed by atoms with Crippen LogP contribution in [0.15, 0.2) is 41.7 Å². The van der Waals surface area contributed by atoms with Crippen molar-refractivity contribution < 1.29 is 28.3 Å². The Morgan fingerprint density at radius 2 is 1.91 bits per heavy atom. The Bertz CT molecular complexity index is 1080. The molecule has 1 N–H and O–H groups in total. The van der Waals surface area contributed by atoms with E-state index in [0.717, 1.165) is 10.8 Å². The Morgan fingerprint density at radius 1 is 1.18 bits per heavy atom. The third-order valence-electron chi connectivity index (χ3n) is 5.58. The van der Waals surface area contributed by atoms with E-state index in [0.29, 0.717) is 11.4 Å². The molecule has 1 aromatic heterocycles. The molecule has 1 aliphatic rings. The molecule has 1 unspecified atom stereocenters. The molecule has 0 saturated carbocycles. The number of nitrogens with zero attached hydrogens (tertiary/aromatic N) is 2. The summed E-state index contributed by atoms with van der Waals surface area (Å²) in [6, 6.07) is 8.16. The number of hydrogen-bond donors (Lipinski definition) is 1. The van der Waals surface area contributed by atoms with Crippen molar-refractivity contribution in [2.45, 2.75) is 58.3 Å². The number of esters is 1. The molecule has 1 amide bonds. The van der Waals surface area contributed by atoms with E-state index >= 15 is 0 Å². The second-order valence-corrected chi connectivity index (χ2v) is 8.60. The highest BCUT2D eigenvalue weighted by molar-refractivity contribution is 6.12. The lowest BCUT2D eigenvalue weighted by atomic mass is 9.83. The standard InChI is InChI=1S/C24H28FN3O5/c1-14(2)24(23(31)27-18(20(29)13-25)11-21(30)32-15(3)4)12-19(28-33-24)22-17-8-6-5-7-16(17)9-10-26-22/h5-10,14-15,18H,11-13H2,1-4H3,(H,27,31)/t18-,24?/m0/s1. The van der Waals surface area contributed by atoms with Crippen molar-refractivity contribution in [1.29, 1.82) is 0 Å². The summed E-state index contributed by atoms with van der Waals surface area (Å²) >= 11 is 0. The number of carbonyl (C=O) groups excluding carboxylic acids is 3. The molecule has 1 aromatic carbocycles. The van der Waals surface area contributed by atoms with Gasteiger partial charge in [-0.3, -0.25) is 19.4 Å². The first-order chi connectivity index (χ1) is 15.7. The molecule has 0 aliphatic carbocycles. The molecule has 0 radical (unpaired) electrons. The van der Waals surface area contributed by atoms with Crippen LogP contribution in [-0.2, 0) is 24.0 Å². The number of carbonyl (C=O) groups is 3. The normalized spacial score (nSPS) is 18.7. The van der Waals surface area contributed by atoms with Gasteiger partial charge in [0.2, 0.25) is 5.60 Å². The number of halogens is 1. The number of benzene rings is 1. The van der Waals surface area contributed by atoms with Gasteiger partial charge in [0.05, 0.1) is 18.2 Å². The molecule has 2 aromatic rings. The van der Waals surface area contributed by atoms with Crippen LogP contribution >= 0.6 is 0 Å². The molecule has 2 heterocycles. The van der Waals surface area contributed by atoms with Crippen LogP contribution in [0.4, 0.5) is 4.39 Å². The minimum Gasteiger partial charge on any atom is -0.463 e. The second kappa shape index (κ2) is 10.1. The molecule has 3 rings (SSSR count). The van der Waals surface area contributed by atoms with E-state index in [1.807, 2.05) is 30.3 Å². The molecule has 9 heteroatoms. The highest BCUT2D eigenvalue weighted by Gasteiger charge is 2.51. The average Bonchev–Trinajstić information content (AvgIpc) is 3.24. The van der Waals surface area contributed by atoms with Gasteiger partial charge in [0.1, 0.15) is 18.4 Å². The fourth-order valence-electron chi connectivity index (χ4n) is 3.72. The Labute approximate surface area is 191 Å². The largest absolute Gasteiger partial charge is 0.463 e. The molecule has 2 atom stereocenters. The summed E-state index contributed by atoms with van der Waals surface area (Å²) in [6.45, 7) is 5.56. The number of amides is 1. The maximum absolute atomic E-state index is 13.3. The quantitative estimate of drug-likeness (QED) is 0.580. The molecule has 8 nitrogen and oxygen atoms in total. The summed E-state index contributed by atoms with van der Waals surface area (Å²) in [5, 5.41) is 8.50. The van der Waals surface area contributed by atoms with Crippen LogP contribution in [0.1, 0.15) is 46.2 Å². The predicted octanol–water partition coefficient (Wildman–Crippen LogP) is 3.12. The lowest BCUT2D eigenvalue weighted by molar-refractivity contribution is -0.154. The van der Waals surface area contributed by atoms with Gasteiger partial charge < -0.3 is 14.9 Å². The van der Waals surface area contributed by atoms with Crippen molar-refractivity contribution >= 4 is 34.1 Å². The van der Waals surface area contributed by atoms with Gasteiger partial charge in [0.15, 0.2) is 5.78 Å². The van der Waals surface area contributed by atoms with Gasteiger partial charge in [-0.1, -0.05) is 43.3 Å². The number of pyridine rings is 1. The van der Waals surface area contributed by atoms with E-state index in [4.69, 9.17) is 9.57 Å². The van der Waals surface area contributed by atoms with Crippen molar-refractivity contribution in [1.82, 2.24) is 10.3 Å². The molecule has 176 valence electrons. The third-order valence-corrected chi connectivity index (χ3v) is 5.58. The third kappa shape index (κ3) is 5.18. The van der Waals surface area contributed by atoms with E-state index in [2.05, 4.69) is 15.5 Å². The molecule has 33 heavy (non-hydrogen) atoms. The zero-order chi connectivity index (χ0) is 24.2. The highest BCUT2D eigenvalue weighted by atomic mass is 19.1. The number of alkyl halides is 1. The molecule has 1 aliphatic heterocycles. The molecular formula is C24H28FN3O5. The molecular weight excluding hydrogens is 429 g/mol. The number of fused-ring (bicyclic) bond motifs is 1. The highest BCUT2D eigenvalue weighted by Crippen LogP contribution is 2.35. The topological polar surface area (TPSA) is 107 Å². The summed E-state index contributed by atoms with van der Waals surface area (Å²) in [7, 11) is 0. The second-order valence-electron chi connectivity index (χ2n) is 8.60. The van der Waals surface area contributed by atoms with Gasteiger partial charge in [-0.2, -0.15) is 0 Å². The first-order valence-electron chi connectivity index (χ1n) is 10.9. The smallest absolute Gasteiger partial charge is 0.308 e. The van der Waals surface area contributed by atoms with E-state index < -0.39 is 48.5 Å².